The number of ketones is 1. The molecule has 1 amide bonds. The number of fused-ring (bicyclic) bond motifs is 1. The number of aryl methyl sites for hydroxylation is 1. The number of nitrogens with one attached hydrogen (secondary N) is 1. The highest BCUT2D eigenvalue weighted by atomic mass is 79.9. The Kier molecular flexibility index (Phi) is 3.47. The smallest absolute Gasteiger partial charge is 0.261 e. The number of halogens is 1. The Bertz CT molecular complexity index is 742. The summed E-state index contributed by atoms with van der Waals surface area (Å²) in [5.41, 5.74) is 0.0702. The predicted molar refractivity (Wildman–Crippen MR) is 84.7 cm³/mol. The quantitative estimate of drug-likeness (QED) is 0.820. The van der Waals surface area contributed by atoms with Crippen molar-refractivity contribution in [2.45, 2.75) is 18.9 Å². The summed E-state index contributed by atoms with van der Waals surface area (Å²) in [5.74, 6) is -0.804. The molecule has 2 heterocycles. The standard InChI is InChI=1S/C15H12BrNO3S/c1-8-5-9-13(10(16)6-8)17-14(19)15(9,20)7-11(18)12-3-2-4-21-12/h2-6,20H,7H2,1H3,(H,17,19)/t15-/m0/s1. The summed E-state index contributed by atoms with van der Waals surface area (Å²) >= 11 is 4.67. The molecule has 4 nitrogen and oxygen atoms in total. The first kappa shape index (κ1) is 14.4. The zero-order valence-corrected chi connectivity index (χ0v) is 13.5. The lowest BCUT2D eigenvalue weighted by atomic mass is 9.89. The maximum absolute atomic E-state index is 12.3. The molecule has 3 rings (SSSR count). The lowest BCUT2D eigenvalue weighted by Gasteiger charge is -2.20. The maximum Gasteiger partial charge on any atom is 0.261 e. The summed E-state index contributed by atoms with van der Waals surface area (Å²) in [6, 6.07) is 7.05. The normalized spacial score (nSPS) is 20.2. The number of amides is 1. The molecule has 1 atom stereocenters. The van der Waals surface area contributed by atoms with E-state index in [0.29, 0.717) is 20.6 Å². The highest BCUT2D eigenvalue weighted by Gasteiger charge is 2.47. The summed E-state index contributed by atoms with van der Waals surface area (Å²) < 4.78 is 0.699. The highest BCUT2D eigenvalue weighted by molar-refractivity contribution is 9.10. The molecule has 108 valence electrons. The maximum atomic E-state index is 12.3. The highest BCUT2D eigenvalue weighted by Crippen LogP contribution is 2.43. The van der Waals surface area contributed by atoms with Crippen LogP contribution in [0.2, 0.25) is 0 Å². The fraction of sp³-hybridized carbons (Fsp3) is 0.200. The molecule has 21 heavy (non-hydrogen) atoms. The number of anilines is 1. The van der Waals surface area contributed by atoms with Gasteiger partial charge < -0.3 is 10.4 Å². The summed E-state index contributed by atoms with van der Waals surface area (Å²) in [5, 5.41) is 15.2. The van der Waals surface area contributed by atoms with Crippen molar-refractivity contribution in [1.82, 2.24) is 0 Å². The van der Waals surface area contributed by atoms with Crippen LogP contribution >= 0.6 is 27.3 Å². The van der Waals surface area contributed by atoms with Crippen LogP contribution in [0.15, 0.2) is 34.1 Å². The van der Waals surface area contributed by atoms with E-state index in [2.05, 4.69) is 21.2 Å². The molecular weight excluding hydrogens is 354 g/mol. The van der Waals surface area contributed by atoms with E-state index >= 15 is 0 Å². The molecule has 1 aromatic carbocycles. The van der Waals surface area contributed by atoms with Gasteiger partial charge in [0.1, 0.15) is 0 Å². The fourth-order valence-corrected chi connectivity index (χ4v) is 3.81. The van der Waals surface area contributed by atoms with Crippen LogP contribution in [-0.4, -0.2) is 16.8 Å². The second-order valence-corrected chi connectivity index (χ2v) is 6.86. The first-order valence-electron chi connectivity index (χ1n) is 6.33. The van der Waals surface area contributed by atoms with Gasteiger partial charge in [0.2, 0.25) is 0 Å². The molecule has 1 aliphatic heterocycles. The molecular formula is C15H12BrNO3S. The Morgan fingerprint density at radius 2 is 2.24 bits per heavy atom. The van der Waals surface area contributed by atoms with Gasteiger partial charge in [-0.1, -0.05) is 12.1 Å². The van der Waals surface area contributed by atoms with E-state index in [1.54, 1.807) is 23.6 Å². The van der Waals surface area contributed by atoms with Gasteiger partial charge in [0.15, 0.2) is 11.4 Å². The Balaban J connectivity index is 2.02. The van der Waals surface area contributed by atoms with Gasteiger partial charge in [-0.2, -0.15) is 0 Å². The minimum absolute atomic E-state index is 0.242. The van der Waals surface area contributed by atoms with Gasteiger partial charge in [0.25, 0.3) is 5.91 Å². The molecule has 0 spiro atoms. The van der Waals surface area contributed by atoms with Crippen molar-refractivity contribution in [1.29, 1.82) is 0 Å². The summed E-state index contributed by atoms with van der Waals surface area (Å²) in [6.45, 7) is 1.87. The molecule has 0 fully saturated rings. The minimum Gasteiger partial charge on any atom is -0.375 e. The molecule has 0 saturated carbocycles. The number of carbonyl (C=O) groups is 2. The zero-order valence-electron chi connectivity index (χ0n) is 11.1. The van der Waals surface area contributed by atoms with Gasteiger partial charge >= 0.3 is 0 Å². The third-order valence-electron chi connectivity index (χ3n) is 3.51. The van der Waals surface area contributed by atoms with Crippen molar-refractivity contribution in [2.75, 3.05) is 5.32 Å². The topological polar surface area (TPSA) is 66.4 Å². The molecule has 0 unspecified atom stereocenters. The predicted octanol–water partition coefficient (Wildman–Crippen LogP) is 3.23. The average Bonchev–Trinajstić information content (AvgIpc) is 3.01. The van der Waals surface area contributed by atoms with Crippen LogP contribution in [0.4, 0.5) is 5.69 Å². The Labute approximate surface area is 133 Å². The molecule has 0 radical (unpaired) electrons. The van der Waals surface area contributed by atoms with E-state index in [-0.39, 0.29) is 12.2 Å². The van der Waals surface area contributed by atoms with Gasteiger partial charge in [-0.25, -0.2) is 0 Å². The van der Waals surface area contributed by atoms with Gasteiger partial charge in [-0.15, -0.1) is 11.3 Å². The van der Waals surface area contributed by atoms with Crippen LogP contribution in [0.5, 0.6) is 0 Å². The average molecular weight is 366 g/mol. The van der Waals surface area contributed by atoms with E-state index < -0.39 is 11.5 Å². The van der Waals surface area contributed by atoms with Crippen LogP contribution in [-0.2, 0) is 10.4 Å². The van der Waals surface area contributed by atoms with E-state index in [9.17, 15) is 14.7 Å². The van der Waals surface area contributed by atoms with Crippen molar-refractivity contribution in [2.24, 2.45) is 0 Å². The molecule has 0 aliphatic carbocycles. The lowest BCUT2D eigenvalue weighted by molar-refractivity contribution is -0.133. The van der Waals surface area contributed by atoms with Gasteiger partial charge in [-0.3, -0.25) is 9.59 Å². The van der Waals surface area contributed by atoms with Crippen LogP contribution in [0.1, 0.15) is 27.2 Å². The Hall–Kier alpha value is -1.50. The lowest BCUT2D eigenvalue weighted by Crippen LogP contribution is -2.36. The Morgan fingerprint density at radius 1 is 1.48 bits per heavy atom. The number of carbonyl (C=O) groups excluding carboxylic acids is 2. The first-order chi connectivity index (χ1) is 9.91. The number of rotatable bonds is 3. The van der Waals surface area contributed by atoms with E-state index in [4.69, 9.17) is 0 Å². The fourth-order valence-electron chi connectivity index (χ4n) is 2.47. The van der Waals surface area contributed by atoms with Crippen molar-refractivity contribution in [3.05, 3.63) is 50.1 Å². The van der Waals surface area contributed by atoms with E-state index in [1.165, 1.54) is 11.3 Å². The largest absolute Gasteiger partial charge is 0.375 e. The third kappa shape index (κ3) is 2.33. The summed E-state index contributed by atoms with van der Waals surface area (Å²) in [7, 11) is 0. The van der Waals surface area contributed by atoms with Crippen LogP contribution in [0.25, 0.3) is 0 Å². The van der Waals surface area contributed by atoms with Crippen LogP contribution < -0.4 is 5.32 Å². The number of Topliss-reactive ketones (excluding diaryl/α,β-unsaturated/α-hetero) is 1. The second kappa shape index (κ2) is 5.05. The SMILES string of the molecule is Cc1cc(Br)c2c(c1)[C@@](O)(CC(=O)c1cccs1)C(=O)N2. The monoisotopic (exact) mass is 365 g/mol. The number of hydrogen-bond acceptors (Lipinski definition) is 4. The number of thiophene rings is 1. The molecule has 1 aromatic heterocycles. The van der Waals surface area contributed by atoms with Crippen molar-refractivity contribution >= 4 is 44.6 Å². The summed E-state index contributed by atoms with van der Waals surface area (Å²) in [4.78, 5) is 25.0. The molecule has 2 aromatic rings. The first-order valence-corrected chi connectivity index (χ1v) is 8.00. The van der Waals surface area contributed by atoms with E-state index in [0.717, 1.165) is 5.56 Å². The second-order valence-electron chi connectivity index (χ2n) is 5.06. The molecule has 2 N–H and O–H groups in total. The third-order valence-corrected chi connectivity index (χ3v) is 5.04. The molecule has 6 heteroatoms. The van der Waals surface area contributed by atoms with Gasteiger partial charge in [0.05, 0.1) is 17.0 Å². The number of benzene rings is 1. The van der Waals surface area contributed by atoms with Crippen molar-refractivity contribution < 1.29 is 14.7 Å². The molecule has 0 bridgehead atoms. The van der Waals surface area contributed by atoms with Crippen LogP contribution in [0, 0.1) is 6.92 Å². The van der Waals surface area contributed by atoms with Gasteiger partial charge in [0, 0.05) is 10.0 Å². The minimum atomic E-state index is -1.81. The van der Waals surface area contributed by atoms with Crippen LogP contribution in [0.3, 0.4) is 0 Å². The van der Waals surface area contributed by atoms with Crippen molar-refractivity contribution in [3.63, 3.8) is 0 Å². The number of aliphatic hydroxyl groups is 1. The Morgan fingerprint density at radius 3 is 2.90 bits per heavy atom. The van der Waals surface area contributed by atoms with Crippen molar-refractivity contribution in [3.8, 4) is 0 Å². The molecule has 1 aliphatic rings. The van der Waals surface area contributed by atoms with E-state index in [1.807, 2.05) is 13.0 Å². The number of hydrogen-bond donors (Lipinski definition) is 2. The molecule has 0 saturated heterocycles. The summed E-state index contributed by atoms with van der Waals surface area (Å²) in [6.07, 6.45) is -0.262. The zero-order chi connectivity index (χ0) is 15.2. The van der Waals surface area contributed by atoms with Gasteiger partial charge in [-0.05, 0) is 45.9 Å².